The number of hydrogen-bond acceptors (Lipinski definition) is 3. The van der Waals surface area contributed by atoms with Crippen LogP contribution in [0.2, 0.25) is 0 Å². The van der Waals surface area contributed by atoms with Crippen molar-refractivity contribution in [3.8, 4) is 0 Å². The van der Waals surface area contributed by atoms with Crippen LogP contribution in [0.5, 0.6) is 0 Å². The number of carbonyl (C=O) groups excluding carboxylic acids is 2. The van der Waals surface area contributed by atoms with E-state index in [2.05, 4.69) is 33.8 Å². The summed E-state index contributed by atoms with van der Waals surface area (Å²) in [5.74, 6) is 0.499. The lowest BCUT2D eigenvalue weighted by atomic mass is 9.49. The smallest absolute Gasteiger partial charge is 0.316 e. The highest BCUT2D eigenvalue weighted by Gasteiger charge is 2.57. The van der Waals surface area contributed by atoms with E-state index in [4.69, 9.17) is 4.74 Å². The van der Waals surface area contributed by atoms with E-state index in [0.29, 0.717) is 0 Å². The van der Waals surface area contributed by atoms with Crippen molar-refractivity contribution in [3.05, 3.63) is 34.4 Å². The molecule has 0 saturated heterocycles. The molecular weight excluding hydrogens is 324 g/mol. The van der Waals surface area contributed by atoms with Crippen LogP contribution in [0.4, 0.5) is 0 Å². The van der Waals surface area contributed by atoms with Crippen molar-refractivity contribution in [2.24, 2.45) is 11.3 Å². The molecule has 26 heavy (non-hydrogen) atoms. The molecule has 142 valence electrons. The Morgan fingerprint density at radius 3 is 2.46 bits per heavy atom. The maximum atomic E-state index is 13.2. The molecule has 0 radical (unpaired) electrons. The lowest BCUT2D eigenvalue weighted by molar-refractivity contribution is -0.156. The zero-order chi connectivity index (χ0) is 19.3. The highest BCUT2D eigenvalue weighted by Crippen LogP contribution is 2.58. The summed E-state index contributed by atoms with van der Waals surface area (Å²) < 4.78 is 5.35. The molecule has 0 N–H and O–H groups in total. The first-order valence-electron chi connectivity index (χ1n) is 9.91. The second-order valence-electron chi connectivity index (χ2n) is 9.20. The number of ether oxygens (including phenoxy) is 1. The van der Waals surface area contributed by atoms with Crippen LogP contribution >= 0.6 is 0 Å². The fourth-order valence-electron chi connectivity index (χ4n) is 5.70. The number of ketones is 1. The third kappa shape index (κ3) is 2.71. The monoisotopic (exact) mass is 356 g/mol. The molecular formula is C23H32O3. The normalized spacial score (nSPS) is 26.8. The van der Waals surface area contributed by atoms with Crippen molar-refractivity contribution in [3.63, 3.8) is 0 Å². The summed E-state index contributed by atoms with van der Waals surface area (Å²) in [5, 5.41) is 0. The van der Waals surface area contributed by atoms with Gasteiger partial charge in [-0.05, 0) is 72.6 Å². The van der Waals surface area contributed by atoms with Gasteiger partial charge in [0.25, 0.3) is 0 Å². The van der Waals surface area contributed by atoms with Crippen molar-refractivity contribution in [2.75, 3.05) is 7.11 Å². The van der Waals surface area contributed by atoms with Gasteiger partial charge >= 0.3 is 5.97 Å². The maximum absolute atomic E-state index is 13.2. The van der Waals surface area contributed by atoms with Crippen molar-refractivity contribution in [2.45, 2.75) is 78.1 Å². The van der Waals surface area contributed by atoms with Crippen molar-refractivity contribution < 1.29 is 14.3 Å². The number of rotatable bonds is 3. The van der Waals surface area contributed by atoms with Gasteiger partial charge in [0.1, 0.15) is 0 Å². The lowest BCUT2D eigenvalue weighted by Crippen LogP contribution is -2.54. The Morgan fingerprint density at radius 2 is 1.88 bits per heavy atom. The summed E-state index contributed by atoms with van der Waals surface area (Å²) in [6.45, 7) is 10.4. The number of fused-ring (bicyclic) bond motifs is 3. The molecule has 2 aliphatic carbocycles. The van der Waals surface area contributed by atoms with Gasteiger partial charge in [0.05, 0.1) is 12.5 Å². The van der Waals surface area contributed by atoms with Gasteiger partial charge in [-0.3, -0.25) is 9.59 Å². The Hall–Kier alpha value is -1.64. The van der Waals surface area contributed by atoms with E-state index in [9.17, 15) is 9.59 Å². The number of benzene rings is 1. The topological polar surface area (TPSA) is 43.4 Å². The van der Waals surface area contributed by atoms with Crippen molar-refractivity contribution in [1.82, 2.24) is 0 Å². The van der Waals surface area contributed by atoms with Gasteiger partial charge < -0.3 is 4.74 Å². The summed E-state index contributed by atoms with van der Waals surface area (Å²) in [6.07, 6.45) is 4.94. The van der Waals surface area contributed by atoms with Gasteiger partial charge in [-0.2, -0.15) is 0 Å². The molecule has 0 amide bonds. The standard InChI is InChI=1S/C23H32O3/c1-14(2)17-12-16-8-9-20-22(4,5)10-7-11-23(20,21(25)26-6)19(16)13-18(17)15(3)24/h12-14,20H,7-11H2,1-6H3/t20-,23-/m0/s1. The molecule has 0 aliphatic heterocycles. The largest absolute Gasteiger partial charge is 0.468 e. The third-order valence-electron chi connectivity index (χ3n) is 6.94. The second-order valence-corrected chi connectivity index (χ2v) is 9.20. The molecule has 0 spiro atoms. The van der Waals surface area contributed by atoms with E-state index >= 15 is 0 Å². The van der Waals surface area contributed by atoms with E-state index < -0.39 is 5.41 Å². The van der Waals surface area contributed by atoms with Crippen LogP contribution in [0.15, 0.2) is 12.1 Å². The van der Waals surface area contributed by atoms with Crippen LogP contribution in [0.25, 0.3) is 0 Å². The Kier molecular flexibility index (Phi) is 4.79. The zero-order valence-corrected chi connectivity index (χ0v) is 17.1. The molecule has 1 fully saturated rings. The van der Waals surface area contributed by atoms with Gasteiger partial charge in [0.15, 0.2) is 5.78 Å². The average Bonchev–Trinajstić information content (AvgIpc) is 2.58. The summed E-state index contributed by atoms with van der Waals surface area (Å²) in [7, 11) is 1.50. The van der Waals surface area contributed by atoms with E-state index in [1.54, 1.807) is 6.92 Å². The van der Waals surface area contributed by atoms with Gasteiger partial charge in [-0.15, -0.1) is 0 Å². The van der Waals surface area contributed by atoms with Gasteiger partial charge in [-0.1, -0.05) is 40.2 Å². The first-order valence-corrected chi connectivity index (χ1v) is 9.91. The van der Waals surface area contributed by atoms with E-state index in [1.807, 2.05) is 6.07 Å². The predicted molar refractivity (Wildman–Crippen MR) is 104 cm³/mol. The Balaban J connectivity index is 2.29. The molecule has 1 aromatic carbocycles. The van der Waals surface area contributed by atoms with Gasteiger partial charge in [0.2, 0.25) is 0 Å². The molecule has 0 unspecified atom stereocenters. The Bertz CT molecular complexity index is 744. The minimum atomic E-state index is -0.607. The molecule has 1 saturated carbocycles. The number of esters is 1. The van der Waals surface area contributed by atoms with Gasteiger partial charge in [0, 0.05) is 5.56 Å². The molecule has 2 atom stereocenters. The lowest BCUT2D eigenvalue weighted by Gasteiger charge is -2.54. The fraction of sp³-hybridized carbons (Fsp3) is 0.652. The van der Waals surface area contributed by atoms with Crippen LogP contribution in [0.3, 0.4) is 0 Å². The molecule has 0 heterocycles. The van der Waals surface area contributed by atoms with E-state index in [0.717, 1.165) is 48.8 Å². The van der Waals surface area contributed by atoms with Crippen LogP contribution in [-0.4, -0.2) is 18.9 Å². The van der Waals surface area contributed by atoms with Crippen molar-refractivity contribution >= 4 is 11.8 Å². The summed E-state index contributed by atoms with van der Waals surface area (Å²) in [4.78, 5) is 25.5. The number of carbonyl (C=O) groups is 2. The third-order valence-corrected chi connectivity index (χ3v) is 6.94. The zero-order valence-electron chi connectivity index (χ0n) is 17.1. The summed E-state index contributed by atoms with van der Waals surface area (Å²) in [5.41, 5.74) is 3.65. The van der Waals surface area contributed by atoms with E-state index in [1.165, 1.54) is 12.7 Å². The van der Waals surface area contributed by atoms with Crippen LogP contribution in [0.1, 0.15) is 93.3 Å². The summed E-state index contributed by atoms with van der Waals surface area (Å²) in [6, 6.07) is 4.23. The van der Waals surface area contributed by atoms with Crippen LogP contribution in [-0.2, 0) is 21.4 Å². The molecule has 1 aromatic rings. The minimum absolute atomic E-state index is 0.0775. The highest BCUT2D eigenvalue weighted by molar-refractivity contribution is 5.97. The highest BCUT2D eigenvalue weighted by atomic mass is 16.5. The number of hydrogen-bond donors (Lipinski definition) is 0. The molecule has 2 aliphatic rings. The quantitative estimate of drug-likeness (QED) is 0.552. The maximum Gasteiger partial charge on any atom is 0.316 e. The minimum Gasteiger partial charge on any atom is -0.468 e. The number of Topliss-reactive ketones (excluding diaryl/α,β-unsaturated/α-hetero) is 1. The molecule has 3 nitrogen and oxygen atoms in total. The predicted octanol–water partition coefficient (Wildman–Crippen LogP) is 5.20. The molecule has 3 heteroatoms. The molecule has 0 aromatic heterocycles. The van der Waals surface area contributed by atoms with Crippen LogP contribution < -0.4 is 0 Å². The first-order chi connectivity index (χ1) is 12.1. The van der Waals surface area contributed by atoms with Gasteiger partial charge in [-0.25, -0.2) is 0 Å². The number of methoxy groups -OCH3 is 1. The van der Waals surface area contributed by atoms with Crippen LogP contribution in [0, 0.1) is 11.3 Å². The average molecular weight is 357 g/mol. The molecule has 0 bridgehead atoms. The first kappa shape index (κ1) is 19.1. The second kappa shape index (κ2) is 6.51. The Labute approximate surface area is 157 Å². The van der Waals surface area contributed by atoms with E-state index in [-0.39, 0.29) is 29.0 Å². The van der Waals surface area contributed by atoms with Crippen molar-refractivity contribution in [1.29, 1.82) is 0 Å². The Morgan fingerprint density at radius 1 is 1.19 bits per heavy atom. The fourth-order valence-corrected chi connectivity index (χ4v) is 5.70. The number of aryl methyl sites for hydroxylation is 1. The molecule has 3 rings (SSSR count). The summed E-state index contributed by atoms with van der Waals surface area (Å²) >= 11 is 0. The SMILES string of the molecule is COC(=O)[C@]12CCCC(C)(C)[C@@H]1CCc1cc(C(C)C)c(C(C)=O)cc12.